The van der Waals surface area contributed by atoms with Gasteiger partial charge in [-0.05, 0) is 12.1 Å². The number of halogens is 1. The van der Waals surface area contributed by atoms with Crippen LogP contribution in [0.1, 0.15) is 17.3 Å². The van der Waals surface area contributed by atoms with Crippen molar-refractivity contribution in [2.24, 2.45) is 5.92 Å². The van der Waals surface area contributed by atoms with Gasteiger partial charge in [0.25, 0.3) is 5.91 Å². The Morgan fingerprint density at radius 1 is 1.32 bits per heavy atom. The second kappa shape index (κ2) is 9.75. The number of amides is 1. The lowest BCUT2D eigenvalue weighted by Crippen LogP contribution is -2.45. The third-order valence-corrected chi connectivity index (χ3v) is 4.61. The molecule has 0 N–H and O–H groups in total. The van der Waals surface area contributed by atoms with Crippen molar-refractivity contribution in [2.75, 3.05) is 53.0 Å². The number of hydrogen-bond acceptors (Lipinski definition) is 5. The van der Waals surface area contributed by atoms with E-state index in [2.05, 4.69) is 4.90 Å². The number of carbonyl (C=O) groups excluding carboxylic acids is 2. The van der Waals surface area contributed by atoms with Crippen molar-refractivity contribution in [1.29, 1.82) is 0 Å². The number of methoxy groups -OCH3 is 1. The van der Waals surface area contributed by atoms with Crippen LogP contribution in [0.5, 0.6) is 0 Å². The maximum Gasteiger partial charge on any atom is 0.310 e. The molecule has 1 aliphatic heterocycles. The number of rotatable bonds is 7. The van der Waals surface area contributed by atoms with Gasteiger partial charge in [0.1, 0.15) is 0 Å². The van der Waals surface area contributed by atoms with Crippen molar-refractivity contribution in [3.8, 4) is 0 Å². The molecule has 1 amide bonds. The van der Waals surface area contributed by atoms with Crippen molar-refractivity contribution in [3.05, 3.63) is 34.9 Å². The van der Waals surface area contributed by atoms with E-state index in [0.29, 0.717) is 36.9 Å². The van der Waals surface area contributed by atoms with Crippen LogP contribution < -0.4 is 0 Å². The van der Waals surface area contributed by atoms with Gasteiger partial charge in [-0.2, -0.15) is 0 Å². The Bertz CT molecular complexity index is 590. The zero-order valence-corrected chi connectivity index (χ0v) is 15.5. The average molecular weight is 369 g/mol. The second-order valence-corrected chi connectivity index (χ2v) is 6.52. The van der Waals surface area contributed by atoms with Gasteiger partial charge in [0.2, 0.25) is 0 Å². The van der Waals surface area contributed by atoms with E-state index in [9.17, 15) is 9.59 Å². The summed E-state index contributed by atoms with van der Waals surface area (Å²) in [6.45, 7) is 6.41. The standard InChI is InChI=1S/C18H25ClN2O4/c1-14(18(23)24-2)13-21(8-7-20-9-11-25-12-10-20)17(22)15-5-3-4-6-16(15)19/h3-6,14H,7-13H2,1-2H3. The van der Waals surface area contributed by atoms with Gasteiger partial charge in [-0.3, -0.25) is 14.5 Å². The Morgan fingerprint density at radius 3 is 2.64 bits per heavy atom. The molecule has 7 heteroatoms. The normalized spacial score (nSPS) is 16.3. The summed E-state index contributed by atoms with van der Waals surface area (Å²) < 4.78 is 10.1. The smallest absolute Gasteiger partial charge is 0.310 e. The molecule has 0 saturated carbocycles. The maximum absolute atomic E-state index is 12.9. The first-order valence-corrected chi connectivity index (χ1v) is 8.82. The van der Waals surface area contributed by atoms with Crippen molar-refractivity contribution in [1.82, 2.24) is 9.80 Å². The van der Waals surface area contributed by atoms with Crippen LogP contribution in [-0.2, 0) is 14.3 Å². The number of ether oxygens (including phenoxy) is 2. The molecule has 1 aromatic carbocycles. The minimum Gasteiger partial charge on any atom is -0.469 e. The summed E-state index contributed by atoms with van der Waals surface area (Å²) >= 11 is 6.17. The SMILES string of the molecule is COC(=O)C(C)CN(CCN1CCOCC1)C(=O)c1ccccc1Cl. The van der Waals surface area contributed by atoms with Crippen LogP contribution in [0.3, 0.4) is 0 Å². The molecule has 0 bridgehead atoms. The first-order valence-electron chi connectivity index (χ1n) is 8.44. The second-order valence-electron chi connectivity index (χ2n) is 6.11. The molecule has 0 aromatic heterocycles. The van der Waals surface area contributed by atoms with Crippen LogP contribution >= 0.6 is 11.6 Å². The lowest BCUT2D eigenvalue weighted by Gasteiger charge is -2.31. The molecule has 0 aliphatic carbocycles. The molecular weight excluding hydrogens is 344 g/mol. The van der Waals surface area contributed by atoms with E-state index < -0.39 is 5.92 Å². The number of morpholine rings is 1. The third kappa shape index (κ3) is 5.70. The Labute approximate surface area is 153 Å². The first-order chi connectivity index (χ1) is 12.0. The molecule has 1 fully saturated rings. The number of benzene rings is 1. The van der Waals surface area contributed by atoms with Crippen molar-refractivity contribution < 1.29 is 19.1 Å². The van der Waals surface area contributed by atoms with Gasteiger partial charge >= 0.3 is 5.97 Å². The fourth-order valence-corrected chi connectivity index (χ4v) is 2.99. The molecule has 138 valence electrons. The van der Waals surface area contributed by atoms with Crippen LogP contribution in [0.15, 0.2) is 24.3 Å². The van der Waals surface area contributed by atoms with E-state index in [1.807, 2.05) is 0 Å². The minimum absolute atomic E-state index is 0.172. The van der Waals surface area contributed by atoms with Crippen LogP contribution in [0.25, 0.3) is 0 Å². The number of carbonyl (C=O) groups is 2. The highest BCUT2D eigenvalue weighted by Crippen LogP contribution is 2.18. The summed E-state index contributed by atoms with van der Waals surface area (Å²) in [6, 6.07) is 6.96. The van der Waals surface area contributed by atoms with Gasteiger partial charge in [0.05, 0.1) is 36.8 Å². The van der Waals surface area contributed by atoms with Crippen molar-refractivity contribution >= 4 is 23.5 Å². The molecule has 0 spiro atoms. The summed E-state index contributed by atoms with van der Waals surface area (Å²) in [7, 11) is 1.35. The van der Waals surface area contributed by atoms with Gasteiger partial charge in [-0.15, -0.1) is 0 Å². The zero-order valence-electron chi connectivity index (χ0n) is 14.7. The molecule has 1 aromatic rings. The lowest BCUT2D eigenvalue weighted by molar-refractivity contribution is -0.145. The highest BCUT2D eigenvalue weighted by atomic mass is 35.5. The van der Waals surface area contributed by atoms with E-state index in [1.165, 1.54) is 7.11 Å². The fourth-order valence-electron chi connectivity index (χ4n) is 2.77. The summed E-state index contributed by atoms with van der Waals surface area (Å²) in [5.74, 6) is -0.904. The number of esters is 1. The van der Waals surface area contributed by atoms with E-state index >= 15 is 0 Å². The first kappa shape index (κ1) is 19.7. The fraction of sp³-hybridized carbons (Fsp3) is 0.556. The summed E-state index contributed by atoms with van der Waals surface area (Å²) in [5.41, 5.74) is 0.447. The van der Waals surface area contributed by atoms with Crippen molar-refractivity contribution in [3.63, 3.8) is 0 Å². The molecule has 0 radical (unpaired) electrons. The Kier molecular flexibility index (Phi) is 7.68. The zero-order chi connectivity index (χ0) is 18.2. The molecule has 1 atom stereocenters. The molecule has 1 saturated heterocycles. The Hall–Kier alpha value is -1.63. The van der Waals surface area contributed by atoms with Gasteiger partial charge in [0.15, 0.2) is 0 Å². The van der Waals surface area contributed by atoms with Crippen molar-refractivity contribution in [2.45, 2.75) is 6.92 Å². The highest BCUT2D eigenvalue weighted by molar-refractivity contribution is 6.33. The van der Waals surface area contributed by atoms with Crippen LogP contribution in [0.2, 0.25) is 5.02 Å². The molecule has 1 heterocycles. The molecule has 2 rings (SSSR count). The summed E-state index contributed by atoms with van der Waals surface area (Å²) in [6.07, 6.45) is 0. The van der Waals surface area contributed by atoms with Crippen LogP contribution in [0.4, 0.5) is 0 Å². The molecule has 25 heavy (non-hydrogen) atoms. The van der Waals surface area contributed by atoms with Gasteiger partial charge < -0.3 is 14.4 Å². The van der Waals surface area contributed by atoms with E-state index in [0.717, 1.165) is 19.6 Å². The quantitative estimate of drug-likeness (QED) is 0.688. The third-order valence-electron chi connectivity index (χ3n) is 4.28. The van der Waals surface area contributed by atoms with Crippen LogP contribution in [-0.4, -0.2) is 74.7 Å². The van der Waals surface area contributed by atoms with E-state index in [1.54, 1.807) is 36.1 Å². The summed E-state index contributed by atoms with van der Waals surface area (Å²) in [4.78, 5) is 28.6. The van der Waals surface area contributed by atoms with Gasteiger partial charge in [-0.25, -0.2) is 0 Å². The van der Waals surface area contributed by atoms with E-state index in [4.69, 9.17) is 21.1 Å². The lowest BCUT2D eigenvalue weighted by atomic mass is 10.1. The monoisotopic (exact) mass is 368 g/mol. The number of hydrogen-bond donors (Lipinski definition) is 0. The highest BCUT2D eigenvalue weighted by Gasteiger charge is 2.24. The largest absolute Gasteiger partial charge is 0.469 e. The topological polar surface area (TPSA) is 59.1 Å². The molecule has 6 nitrogen and oxygen atoms in total. The summed E-state index contributed by atoms with van der Waals surface area (Å²) in [5, 5.41) is 0.412. The van der Waals surface area contributed by atoms with Crippen LogP contribution in [0, 0.1) is 5.92 Å². The Balaban J connectivity index is 2.08. The minimum atomic E-state index is -0.402. The molecule has 1 unspecified atom stereocenters. The predicted molar refractivity (Wildman–Crippen MR) is 95.8 cm³/mol. The van der Waals surface area contributed by atoms with E-state index in [-0.39, 0.29) is 11.9 Å². The number of nitrogens with zero attached hydrogens (tertiary/aromatic N) is 2. The Morgan fingerprint density at radius 2 is 2.00 bits per heavy atom. The molecule has 1 aliphatic rings. The predicted octanol–water partition coefficient (Wildman–Crippen LogP) is 1.92. The van der Waals surface area contributed by atoms with Gasteiger partial charge in [-0.1, -0.05) is 30.7 Å². The maximum atomic E-state index is 12.9. The average Bonchev–Trinajstić information content (AvgIpc) is 2.64. The van der Waals surface area contributed by atoms with Gasteiger partial charge in [0, 0.05) is 32.7 Å². The molecular formula is C18H25ClN2O4.